The first-order valence-corrected chi connectivity index (χ1v) is 14.3. The molecule has 0 unspecified atom stereocenters. The zero-order valence-electron chi connectivity index (χ0n) is 22.8. The molecule has 0 saturated carbocycles. The highest BCUT2D eigenvalue weighted by molar-refractivity contribution is 6.09. The Balaban J connectivity index is 1.79. The fourth-order valence-electron chi connectivity index (χ4n) is 6.22. The highest BCUT2D eigenvalue weighted by atomic mass is 14.3. The van der Waals surface area contributed by atoms with Gasteiger partial charge >= 0.3 is 0 Å². The summed E-state index contributed by atoms with van der Waals surface area (Å²) in [5.74, 6) is 0.148. The van der Waals surface area contributed by atoms with Crippen molar-refractivity contribution in [2.75, 3.05) is 0 Å². The molecule has 0 saturated heterocycles. The van der Waals surface area contributed by atoms with Crippen LogP contribution in [0.5, 0.6) is 0 Å². The van der Waals surface area contributed by atoms with Gasteiger partial charge in [-0.3, -0.25) is 0 Å². The number of hydrogen-bond donors (Lipinski definition) is 0. The average Bonchev–Trinajstić information content (AvgIpc) is 3.60. The molecule has 1 aliphatic rings. The summed E-state index contributed by atoms with van der Waals surface area (Å²) in [7, 11) is 0. The molecular formula is C41H30. The van der Waals surface area contributed by atoms with Gasteiger partial charge in [0, 0.05) is 5.92 Å². The first-order chi connectivity index (χ1) is 20.4. The van der Waals surface area contributed by atoms with Crippen LogP contribution in [0.15, 0.2) is 176 Å². The van der Waals surface area contributed by atoms with Crippen LogP contribution in [0, 0.1) is 0 Å². The normalized spacial score (nSPS) is 12.6. The Labute approximate surface area is 242 Å². The molecule has 6 aromatic rings. The number of benzene rings is 6. The zero-order chi connectivity index (χ0) is 27.4. The van der Waals surface area contributed by atoms with Crippen LogP contribution >= 0.6 is 0 Å². The topological polar surface area (TPSA) is 0 Å². The maximum absolute atomic E-state index is 2.33. The van der Waals surface area contributed by atoms with Crippen molar-refractivity contribution in [2.45, 2.75) is 5.92 Å². The Morgan fingerprint density at radius 1 is 0.268 bits per heavy atom. The van der Waals surface area contributed by atoms with Gasteiger partial charge in [-0.15, -0.1) is 0 Å². The lowest BCUT2D eigenvalue weighted by Crippen LogP contribution is -2.06. The Morgan fingerprint density at radius 3 is 0.805 bits per heavy atom. The minimum absolute atomic E-state index is 0.148. The lowest BCUT2D eigenvalue weighted by atomic mass is 9.73. The van der Waals surface area contributed by atoms with Gasteiger partial charge in [0.25, 0.3) is 0 Å². The van der Waals surface area contributed by atoms with E-state index in [4.69, 9.17) is 0 Å². The molecule has 0 atom stereocenters. The molecule has 41 heavy (non-hydrogen) atoms. The van der Waals surface area contributed by atoms with E-state index in [1.165, 1.54) is 61.2 Å². The quantitative estimate of drug-likeness (QED) is 0.204. The third-order valence-corrected chi connectivity index (χ3v) is 7.93. The van der Waals surface area contributed by atoms with Crippen LogP contribution in [-0.4, -0.2) is 0 Å². The fourth-order valence-corrected chi connectivity index (χ4v) is 6.22. The summed E-state index contributed by atoms with van der Waals surface area (Å²) >= 11 is 0. The first-order valence-electron chi connectivity index (χ1n) is 14.3. The van der Waals surface area contributed by atoms with Crippen LogP contribution in [0.2, 0.25) is 0 Å². The lowest BCUT2D eigenvalue weighted by Gasteiger charge is -2.30. The van der Waals surface area contributed by atoms with Gasteiger partial charge < -0.3 is 0 Å². The number of allylic oxidation sites excluding steroid dienone is 4. The number of rotatable bonds is 6. The van der Waals surface area contributed by atoms with E-state index in [0.717, 1.165) is 0 Å². The van der Waals surface area contributed by atoms with E-state index in [2.05, 4.69) is 176 Å². The zero-order valence-corrected chi connectivity index (χ0v) is 22.8. The molecule has 0 fully saturated rings. The molecule has 0 N–H and O–H groups in total. The van der Waals surface area contributed by atoms with E-state index in [9.17, 15) is 0 Å². The van der Waals surface area contributed by atoms with Crippen LogP contribution in [0.25, 0.3) is 55.6 Å². The summed E-state index contributed by atoms with van der Waals surface area (Å²) < 4.78 is 0. The highest BCUT2D eigenvalue weighted by Gasteiger charge is 2.30. The molecule has 0 amide bonds. The van der Waals surface area contributed by atoms with E-state index < -0.39 is 0 Å². The summed E-state index contributed by atoms with van der Waals surface area (Å²) in [5.41, 5.74) is 13.8. The molecular weight excluding hydrogens is 492 g/mol. The van der Waals surface area contributed by atoms with Gasteiger partial charge in [0.1, 0.15) is 0 Å². The monoisotopic (exact) mass is 522 g/mol. The maximum atomic E-state index is 2.33. The Morgan fingerprint density at radius 2 is 0.512 bits per heavy atom. The molecule has 0 aromatic heterocycles. The van der Waals surface area contributed by atoms with Gasteiger partial charge in [0.15, 0.2) is 0 Å². The van der Waals surface area contributed by atoms with Gasteiger partial charge in [-0.1, -0.05) is 176 Å². The van der Waals surface area contributed by atoms with E-state index in [0.29, 0.717) is 0 Å². The fraction of sp³-hybridized carbons (Fsp3) is 0.0244. The van der Waals surface area contributed by atoms with Crippen LogP contribution in [0.4, 0.5) is 0 Å². The van der Waals surface area contributed by atoms with E-state index in [-0.39, 0.29) is 5.92 Å². The van der Waals surface area contributed by atoms with Crippen LogP contribution in [-0.2, 0) is 0 Å². The van der Waals surface area contributed by atoms with Crippen molar-refractivity contribution in [3.05, 3.63) is 182 Å². The smallest absolute Gasteiger partial charge is 0.0217 e. The maximum Gasteiger partial charge on any atom is 0.0217 e. The first kappa shape index (κ1) is 24.8. The van der Waals surface area contributed by atoms with E-state index >= 15 is 0 Å². The largest absolute Gasteiger partial charge is 0.0732 e. The second-order valence-electron chi connectivity index (χ2n) is 10.4. The van der Waals surface area contributed by atoms with Gasteiger partial charge in [0.2, 0.25) is 0 Å². The summed E-state index contributed by atoms with van der Waals surface area (Å²) in [6.07, 6.45) is 9.04. The molecule has 0 nitrogen and oxygen atoms in total. The number of hydrogen-bond acceptors (Lipinski definition) is 0. The minimum atomic E-state index is 0.148. The lowest BCUT2D eigenvalue weighted by molar-refractivity contribution is 1.11. The Kier molecular flexibility index (Phi) is 6.73. The van der Waals surface area contributed by atoms with Crippen molar-refractivity contribution < 1.29 is 0 Å². The van der Waals surface area contributed by atoms with E-state index in [1.807, 2.05) is 0 Å². The summed E-state index contributed by atoms with van der Waals surface area (Å²) in [6, 6.07) is 54.7. The Hall–Kier alpha value is -5.20. The average molecular weight is 523 g/mol. The molecule has 0 bridgehead atoms. The molecule has 7 rings (SSSR count). The predicted octanol–water partition coefficient (Wildman–Crippen LogP) is 11.2. The molecule has 0 heterocycles. The minimum Gasteiger partial charge on any atom is -0.0732 e. The molecule has 194 valence electrons. The van der Waals surface area contributed by atoms with Gasteiger partial charge in [0.05, 0.1) is 0 Å². The second kappa shape index (κ2) is 11.1. The summed E-state index contributed by atoms with van der Waals surface area (Å²) in [6.45, 7) is 0. The highest BCUT2D eigenvalue weighted by Crippen LogP contribution is 2.55. The van der Waals surface area contributed by atoms with Crippen molar-refractivity contribution in [1.29, 1.82) is 0 Å². The van der Waals surface area contributed by atoms with Crippen molar-refractivity contribution >= 4 is 0 Å². The molecule has 0 radical (unpaired) electrons. The SMILES string of the molecule is C1=CC(c2c(-c3ccccc3)c(-c3ccccc3)c(-c3ccccc3)c(-c3ccccc3)c2-c2ccccc2)C=C1. The van der Waals surface area contributed by atoms with Crippen LogP contribution in [0.3, 0.4) is 0 Å². The van der Waals surface area contributed by atoms with Crippen molar-refractivity contribution in [3.8, 4) is 55.6 Å². The van der Waals surface area contributed by atoms with Crippen molar-refractivity contribution in [2.24, 2.45) is 0 Å². The van der Waals surface area contributed by atoms with Gasteiger partial charge in [-0.05, 0) is 61.2 Å². The molecule has 0 aliphatic heterocycles. The molecule has 6 aromatic carbocycles. The van der Waals surface area contributed by atoms with Gasteiger partial charge in [-0.25, -0.2) is 0 Å². The molecule has 0 heteroatoms. The Bertz CT molecular complexity index is 1710. The third kappa shape index (κ3) is 4.64. The molecule has 0 spiro atoms. The predicted molar refractivity (Wildman–Crippen MR) is 175 cm³/mol. The molecule has 1 aliphatic carbocycles. The summed E-state index contributed by atoms with van der Waals surface area (Å²) in [4.78, 5) is 0. The third-order valence-electron chi connectivity index (χ3n) is 7.93. The van der Waals surface area contributed by atoms with E-state index in [1.54, 1.807) is 0 Å². The van der Waals surface area contributed by atoms with Crippen LogP contribution in [0.1, 0.15) is 11.5 Å². The second-order valence-corrected chi connectivity index (χ2v) is 10.4. The summed E-state index contributed by atoms with van der Waals surface area (Å²) in [5, 5.41) is 0. The van der Waals surface area contributed by atoms with Gasteiger partial charge in [-0.2, -0.15) is 0 Å². The van der Waals surface area contributed by atoms with Crippen LogP contribution < -0.4 is 0 Å². The van der Waals surface area contributed by atoms with Crippen molar-refractivity contribution in [1.82, 2.24) is 0 Å². The standard InChI is InChI=1S/C41H30/c1-6-18-30(19-7-1)36-37(31-20-8-2-9-21-31)39(33-24-12-4-13-25-33)41(35-28-16-17-29-35)40(34-26-14-5-15-27-34)38(36)32-22-10-3-11-23-32/h1-29,35H. The van der Waals surface area contributed by atoms with Crippen molar-refractivity contribution in [3.63, 3.8) is 0 Å².